The normalized spacial score (nSPS) is 18.5. The molecule has 1 heterocycles. The first-order valence-corrected chi connectivity index (χ1v) is 9.39. The molecule has 1 fully saturated rings. The molecule has 22 heavy (non-hydrogen) atoms. The maximum absolute atomic E-state index is 12.3. The number of nitrogens with zero attached hydrogens (tertiary/aromatic N) is 1. The molecule has 0 aromatic carbocycles. The van der Waals surface area contributed by atoms with Gasteiger partial charge in [-0.3, -0.25) is 4.79 Å². The maximum atomic E-state index is 12.3. The van der Waals surface area contributed by atoms with Gasteiger partial charge in [0.25, 0.3) is 5.91 Å². The molecule has 1 aliphatic heterocycles. The van der Waals surface area contributed by atoms with E-state index < -0.39 is 0 Å². The Labute approximate surface area is 136 Å². The van der Waals surface area contributed by atoms with Gasteiger partial charge in [-0.2, -0.15) is 10.7 Å². The predicted octanol–water partition coefficient (Wildman–Crippen LogP) is 3.43. The Kier molecular flexibility index (Phi) is 12.3. The molecule has 0 aromatic rings. The monoisotopic (exact) mass is 312 g/mol. The fourth-order valence-corrected chi connectivity index (χ4v) is 2.73. The molecule has 0 aromatic heterocycles. The van der Waals surface area contributed by atoms with Crippen molar-refractivity contribution in [2.45, 2.75) is 90.4 Å². The number of carbonyl (C=O) groups excluding carboxylic acids is 1. The van der Waals surface area contributed by atoms with E-state index >= 15 is 0 Å². The Hall–Kier alpha value is -0.650. The molecule has 1 rings (SSSR count). The lowest BCUT2D eigenvalue weighted by Gasteiger charge is -2.25. The van der Waals surface area contributed by atoms with Gasteiger partial charge in [-0.15, -0.1) is 0 Å². The molecule has 0 unspecified atom stereocenters. The van der Waals surface area contributed by atoms with Crippen molar-refractivity contribution in [2.75, 3.05) is 13.1 Å². The molecule has 1 aliphatic rings. The first kappa shape index (κ1) is 19.4. The number of nitrogens with one attached hydrogen (secondary N) is 3. The third kappa shape index (κ3) is 10.1. The van der Waals surface area contributed by atoms with Crippen LogP contribution in [0.5, 0.6) is 0 Å². The van der Waals surface area contributed by atoms with E-state index in [0.717, 1.165) is 38.8 Å². The zero-order chi connectivity index (χ0) is 15.9. The molecule has 0 radical (unpaired) electrons. The highest BCUT2D eigenvalue weighted by atomic mass is 16.2. The molecule has 130 valence electrons. The first-order chi connectivity index (χ1) is 10.8. The van der Waals surface area contributed by atoms with Crippen molar-refractivity contribution in [3.8, 4) is 0 Å². The van der Waals surface area contributed by atoms with Crippen LogP contribution in [-0.4, -0.2) is 24.1 Å². The summed E-state index contributed by atoms with van der Waals surface area (Å²) >= 11 is 0. The maximum Gasteiger partial charge on any atom is 0.252 e. The molecular weight excluding hydrogens is 276 g/mol. The summed E-state index contributed by atoms with van der Waals surface area (Å²) in [5.74, 6) is 0.139. The minimum absolute atomic E-state index is 0.139. The zero-order valence-corrected chi connectivity index (χ0v) is 14.5. The van der Waals surface area contributed by atoms with E-state index in [1.807, 2.05) is 0 Å². The van der Waals surface area contributed by atoms with Gasteiger partial charge in [-0.25, -0.2) is 10.9 Å². The highest BCUT2D eigenvalue weighted by molar-refractivity contribution is 5.75. The fourth-order valence-electron chi connectivity index (χ4n) is 2.73. The standard InChI is InChI=1S/C17H36N4O/c1-2-3-4-5-8-11-14-17(22)21-19-16-13-10-7-6-9-12-15-18-20-21/h18-20H,2-16H2,1H3. The van der Waals surface area contributed by atoms with Crippen LogP contribution in [0.4, 0.5) is 0 Å². The van der Waals surface area contributed by atoms with Crippen molar-refractivity contribution in [2.24, 2.45) is 0 Å². The van der Waals surface area contributed by atoms with Crippen LogP contribution in [0.1, 0.15) is 90.4 Å². The number of hydrogen-bond donors (Lipinski definition) is 3. The Morgan fingerprint density at radius 2 is 1.50 bits per heavy atom. The third-order valence-corrected chi connectivity index (χ3v) is 4.18. The average molecular weight is 313 g/mol. The molecule has 0 aliphatic carbocycles. The van der Waals surface area contributed by atoms with E-state index in [0.29, 0.717) is 6.42 Å². The number of hydrazine groups is 3. The average Bonchev–Trinajstić information content (AvgIpc) is 2.51. The molecule has 0 bridgehead atoms. The van der Waals surface area contributed by atoms with Gasteiger partial charge in [0, 0.05) is 19.5 Å². The van der Waals surface area contributed by atoms with Crippen molar-refractivity contribution in [1.82, 2.24) is 21.5 Å². The highest BCUT2D eigenvalue weighted by Gasteiger charge is 2.12. The van der Waals surface area contributed by atoms with Crippen LogP contribution in [0.25, 0.3) is 0 Å². The Morgan fingerprint density at radius 3 is 2.27 bits per heavy atom. The van der Waals surface area contributed by atoms with Crippen molar-refractivity contribution < 1.29 is 4.79 Å². The highest BCUT2D eigenvalue weighted by Crippen LogP contribution is 2.08. The van der Waals surface area contributed by atoms with E-state index in [-0.39, 0.29) is 5.91 Å². The second-order valence-corrected chi connectivity index (χ2v) is 6.31. The Bertz CT molecular complexity index is 261. The van der Waals surface area contributed by atoms with E-state index in [2.05, 4.69) is 23.3 Å². The number of amides is 1. The second-order valence-electron chi connectivity index (χ2n) is 6.31. The molecule has 0 atom stereocenters. The van der Waals surface area contributed by atoms with E-state index in [4.69, 9.17) is 0 Å². The van der Waals surface area contributed by atoms with Gasteiger partial charge in [-0.05, 0) is 19.3 Å². The van der Waals surface area contributed by atoms with Crippen molar-refractivity contribution in [3.05, 3.63) is 0 Å². The summed E-state index contributed by atoms with van der Waals surface area (Å²) < 4.78 is 0. The summed E-state index contributed by atoms with van der Waals surface area (Å²) in [6.45, 7) is 3.99. The lowest BCUT2D eigenvalue weighted by molar-refractivity contribution is -0.140. The molecule has 5 heteroatoms. The summed E-state index contributed by atoms with van der Waals surface area (Å²) in [6, 6.07) is 0. The van der Waals surface area contributed by atoms with Crippen LogP contribution < -0.4 is 16.4 Å². The molecule has 1 amide bonds. The quantitative estimate of drug-likeness (QED) is 0.630. The summed E-state index contributed by atoms with van der Waals surface area (Å²) in [7, 11) is 0. The molecule has 3 N–H and O–H groups in total. The zero-order valence-electron chi connectivity index (χ0n) is 14.5. The first-order valence-electron chi connectivity index (χ1n) is 9.39. The number of unbranched alkanes of at least 4 members (excludes halogenated alkanes) is 5. The largest absolute Gasteiger partial charge is 0.272 e. The van der Waals surface area contributed by atoms with E-state index in [9.17, 15) is 4.79 Å². The van der Waals surface area contributed by atoms with Crippen LogP contribution in [0.2, 0.25) is 0 Å². The van der Waals surface area contributed by atoms with Crippen LogP contribution in [0, 0.1) is 0 Å². The smallest absolute Gasteiger partial charge is 0.252 e. The SMILES string of the molecule is CCCCCCCCC(=O)N1NCCCCCCCCNN1. The molecule has 5 nitrogen and oxygen atoms in total. The minimum Gasteiger partial charge on any atom is -0.272 e. The van der Waals surface area contributed by atoms with Crippen molar-refractivity contribution in [3.63, 3.8) is 0 Å². The second kappa shape index (κ2) is 14.0. The van der Waals surface area contributed by atoms with Crippen LogP contribution >= 0.6 is 0 Å². The van der Waals surface area contributed by atoms with Gasteiger partial charge in [0.2, 0.25) is 0 Å². The van der Waals surface area contributed by atoms with E-state index in [1.54, 1.807) is 5.12 Å². The van der Waals surface area contributed by atoms with Gasteiger partial charge in [-0.1, -0.05) is 64.7 Å². The topological polar surface area (TPSA) is 56.4 Å². The van der Waals surface area contributed by atoms with Crippen molar-refractivity contribution >= 4 is 5.91 Å². The van der Waals surface area contributed by atoms with Crippen LogP contribution in [0.15, 0.2) is 0 Å². The molecular formula is C17H36N4O. The van der Waals surface area contributed by atoms with Gasteiger partial charge >= 0.3 is 0 Å². The van der Waals surface area contributed by atoms with Gasteiger partial charge in [0.1, 0.15) is 0 Å². The predicted molar refractivity (Wildman–Crippen MR) is 91.7 cm³/mol. The van der Waals surface area contributed by atoms with Gasteiger partial charge < -0.3 is 0 Å². The lowest BCUT2D eigenvalue weighted by atomic mass is 10.1. The van der Waals surface area contributed by atoms with Crippen molar-refractivity contribution in [1.29, 1.82) is 0 Å². The fraction of sp³-hybridized carbons (Fsp3) is 0.941. The Morgan fingerprint density at radius 1 is 0.864 bits per heavy atom. The number of carbonyl (C=O) groups is 1. The Balaban J connectivity index is 2.20. The molecule has 0 saturated carbocycles. The number of rotatable bonds is 7. The summed E-state index contributed by atoms with van der Waals surface area (Å²) in [4.78, 5) is 12.3. The van der Waals surface area contributed by atoms with E-state index in [1.165, 1.54) is 51.4 Å². The van der Waals surface area contributed by atoms with Gasteiger partial charge in [0.15, 0.2) is 0 Å². The molecule has 1 saturated heterocycles. The third-order valence-electron chi connectivity index (χ3n) is 4.18. The summed E-state index contributed by atoms with van der Waals surface area (Å²) in [5.41, 5.74) is 9.38. The van der Waals surface area contributed by atoms with Gasteiger partial charge in [0.05, 0.1) is 0 Å². The minimum atomic E-state index is 0.139. The van der Waals surface area contributed by atoms with Crippen LogP contribution in [-0.2, 0) is 4.79 Å². The van der Waals surface area contributed by atoms with Crippen LogP contribution in [0.3, 0.4) is 0 Å². The summed E-state index contributed by atoms with van der Waals surface area (Å²) in [6.07, 6.45) is 15.3. The number of hydrogen-bond acceptors (Lipinski definition) is 4. The molecule has 0 spiro atoms. The summed E-state index contributed by atoms with van der Waals surface area (Å²) in [5, 5.41) is 1.56. The lowest BCUT2D eigenvalue weighted by Crippen LogP contribution is -2.57.